The maximum Gasteiger partial charge on any atom is 0.312 e. The van der Waals surface area contributed by atoms with Crippen LogP contribution in [0.15, 0.2) is 42.5 Å². The van der Waals surface area contributed by atoms with Gasteiger partial charge in [0.2, 0.25) is 0 Å². The van der Waals surface area contributed by atoms with Crippen LogP contribution >= 0.6 is 0 Å². The average Bonchev–Trinajstić information content (AvgIpc) is 2.59. The fourth-order valence-electron chi connectivity index (χ4n) is 2.59. The summed E-state index contributed by atoms with van der Waals surface area (Å²) in [7, 11) is 1.75. The third-order valence-corrected chi connectivity index (χ3v) is 3.90. The molecule has 0 radical (unpaired) electrons. The van der Waals surface area contributed by atoms with Gasteiger partial charge in [-0.2, -0.15) is 0 Å². The van der Waals surface area contributed by atoms with Crippen LogP contribution in [0.4, 0.5) is 4.79 Å². The number of primary amides is 1. The summed E-state index contributed by atoms with van der Waals surface area (Å²) in [5, 5.41) is 2.51. The molecule has 26 heavy (non-hydrogen) atoms. The van der Waals surface area contributed by atoms with E-state index in [1.165, 1.54) is 0 Å². The van der Waals surface area contributed by atoms with Gasteiger partial charge in [0, 0.05) is 19.2 Å². The highest BCUT2D eigenvalue weighted by Crippen LogP contribution is 2.16. The first-order valence-electron chi connectivity index (χ1n) is 8.44. The largest absolute Gasteiger partial charge is 0.492 e. The fourth-order valence-corrected chi connectivity index (χ4v) is 2.59. The number of likely N-dealkylation sites (N-methyl/N-ethyl adjacent to an activating group) is 1. The second kappa shape index (κ2) is 8.89. The van der Waals surface area contributed by atoms with Crippen molar-refractivity contribution in [3.8, 4) is 5.75 Å². The molecule has 2 aromatic rings. The number of rotatable bonds is 7. The molecule has 0 unspecified atom stereocenters. The molecule has 0 aliphatic heterocycles. The maximum absolute atomic E-state index is 12.5. The standard InChI is InChI=1S/C20H25N3O3/c1-14-10-15(2)12-18(11-14)26-9-8-23(3)19(24)17-6-4-16(5-7-17)13-22-20(21)25/h4-7,10-12H,8-9,13H2,1-3H3,(H3,21,22,25). The number of ether oxygens (including phenoxy) is 1. The molecular formula is C20H25N3O3. The minimum absolute atomic E-state index is 0.0802. The number of nitrogens with one attached hydrogen (secondary N) is 1. The fraction of sp³-hybridized carbons (Fsp3) is 0.300. The van der Waals surface area contributed by atoms with Crippen molar-refractivity contribution in [2.24, 2.45) is 5.73 Å². The smallest absolute Gasteiger partial charge is 0.312 e. The van der Waals surface area contributed by atoms with Gasteiger partial charge in [0.05, 0.1) is 6.54 Å². The molecule has 0 aromatic heterocycles. The summed E-state index contributed by atoms with van der Waals surface area (Å²) in [4.78, 5) is 24.8. The molecule has 0 aliphatic carbocycles. The second-order valence-corrected chi connectivity index (χ2v) is 6.31. The van der Waals surface area contributed by atoms with Crippen molar-refractivity contribution in [3.63, 3.8) is 0 Å². The Morgan fingerprint density at radius 2 is 1.69 bits per heavy atom. The SMILES string of the molecule is Cc1cc(C)cc(OCCN(C)C(=O)c2ccc(CNC(N)=O)cc2)c1. The molecule has 6 heteroatoms. The quantitative estimate of drug-likeness (QED) is 0.801. The number of hydrogen-bond donors (Lipinski definition) is 2. The molecule has 2 rings (SSSR count). The van der Waals surface area contributed by atoms with E-state index in [0.717, 1.165) is 22.4 Å². The monoisotopic (exact) mass is 355 g/mol. The molecule has 3 N–H and O–H groups in total. The number of nitrogens with two attached hydrogens (primary N) is 1. The normalized spacial score (nSPS) is 10.3. The summed E-state index contributed by atoms with van der Waals surface area (Å²) < 4.78 is 5.75. The van der Waals surface area contributed by atoms with E-state index in [1.54, 1.807) is 36.2 Å². The predicted octanol–water partition coefficient (Wildman–Crippen LogP) is 2.62. The van der Waals surface area contributed by atoms with Crippen LogP contribution in [0.25, 0.3) is 0 Å². The van der Waals surface area contributed by atoms with Gasteiger partial charge in [-0.25, -0.2) is 4.79 Å². The van der Waals surface area contributed by atoms with Gasteiger partial charge >= 0.3 is 6.03 Å². The zero-order chi connectivity index (χ0) is 19.1. The highest BCUT2D eigenvalue weighted by Gasteiger charge is 2.11. The molecule has 0 saturated heterocycles. The Hall–Kier alpha value is -3.02. The lowest BCUT2D eigenvalue weighted by molar-refractivity contribution is 0.0773. The minimum Gasteiger partial charge on any atom is -0.492 e. The third-order valence-electron chi connectivity index (χ3n) is 3.90. The number of carbonyl (C=O) groups is 2. The van der Waals surface area contributed by atoms with Crippen LogP contribution in [0.3, 0.4) is 0 Å². The van der Waals surface area contributed by atoms with Gasteiger partial charge in [0.25, 0.3) is 5.91 Å². The average molecular weight is 355 g/mol. The summed E-state index contributed by atoms with van der Waals surface area (Å²) >= 11 is 0. The maximum atomic E-state index is 12.5. The Bertz CT molecular complexity index is 752. The first-order chi connectivity index (χ1) is 12.3. The number of hydrogen-bond acceptors (Lipinski definition) is 3. The summed E-state index contributed by atoms with van der Waals surface area (Å²) in [6.07, 6.45) is 0. The predicted molar refractivity (Wildman–Crippen MR) is 101 cm³/mol. The molecule has 0 bridgehead atoms. The first kappa shape index (κ1) is 19.3. The highest BCUT2D eigenvalue weighted by atomic mass is 16.5. The van der Waals surface area contributed by atoms with Crippen molar-refractivity contribution in [1.29, 1.82) is 0 Å². The lowest BCUT2D eigenvalue weighted by Gasteiger charge is -2.18. The zero-order valence-corrected chi connectivity index (χ0v) is 15.4. The first-order valence-corrected chi connectivity index (χ1v) is 8.44. The van der Waals surface area contributed by atoms with Crippen LogP contribution in [-0.4, -0.2) is 37.0 Å². The van der Waals surface area contributed by atoms with E-state index in [0.29, 0.717) is 25.3 Å². The molecule has 0 heterocycles. The van der Waals surface area contributed by atoms with E-state index < -0.39 is 6.03 Å². The summed E-state index contributed by atoms with van der Waals surface area (Å²) in [5.41, 5.74) is 8.80. The summed E-state index contributed by atoms with van der Waals surface area (Å²) in [5.74, 6) is 0.734. The molecular weight excluding hydrogens is 330 g/mol. The van der Waals surface area contributed by atoms with Gasteiger partial charge in [0.1, 0.15) is 12.4 Å². The van der Waals surface area contributed by atoms with Gasteiger partial charge < -0.3 is 20.7 Å². The van der Waals surface area contributed by atoms with E-state index in [-0.39, 0.29) is 5.91 Å². The summed E-state index contributed by atoms with van der Waals surface area (Å²) in [6, 6.07) is 12.5. The Balaban J connectivity index is 1.85. The second-order valence-electron chi connectivity index (χ2n) is 6.31. The zero-order valence-electron chi connectivity index (χ0n) is 15.4. The molecule has 6 nitrogen and oxygen atoms in total. The van der Waals surface area contributed by atoms with E-state index >= 15 is 0 Å². The van der Waals surface area contributed by atoms with Gasteiger partial charge in [-0.3, -0.25) is 4.79 Å². The molecule has 0 atom stereocenters. The Morgan fingerprint density at radius 3 is 2.27 bits per heavy atom. The van der Waals surface area contributed by atoms with E-state index in [9.17, 15) is 9.59 Å². The minimum atomic E-state index is -0.575. The van der Waals surface area contributed by atoms with Gasteiger partial charge in [0.15, 0.2) is 0 Å². The number of aryl methyl sites for hydroxylation is 2. The van der Waals surface area contributed by atoms with Crippen molar-refractivity contribution >= 4 is 11.9 Å². The van der Waals surface area contributed by atoms with E-state index in [2.05, 4.69) is 11.4 Å². The molecule has 3 amide bonds. The van der Waals surface area contributed by atoms with Crippen molar-refractivity contribution in [2.75, 3.05) is 20.2 Å². The van der Waals surface area contributed by atoms with Crippen LogP contribution in [0.5, 0.6) is 5.75 Å². The van der Waals surface area contributed by atoms with Crippen molar-refractivity contribution < 1.29 is 14.3 Å². The van der Waals surface area contributed by atoms with Crippen LogP contribution in [0, 0.1) is 13.8 Å². The van der Waals surface area contributed by atoms with E-state index in [1.807, 2.05) is 26.0 Å². The highest BCUT2D eigenvalue weighted by molar-refractivity contribution is 5.94. The van der Waals surface area contributed by atoms with Crippen LogP contribution in [0.2, 0.25) is 0 Å². The molecule has 0 saturated carbocycles. The number of carbonyl (C=O) groups excluding carboxylic acids is 2. The van der Waals surface area contributed by atoms with Crippen LogP contribution in [0.1, 0.15) is 27.0 Å². The van der Waals surface area contributed by atoms with Gasteiger partial charge in [-0.1, -0.05) is 18.2 Å². The van der Waals surface area contributed by atoms with Crippen LogP contribution in [-0.2, 0) is 6.54 Å². The van der Waals surface area contributed by atoms with E-state index in [4.69, 9.17) is 10.5 Å². The Labute approximate surface area is 153 Å². The Kier molecular flexibility index (Phi) is 6.60. The van der Waals surface area contributed by atoms with Crippen molar-refractivity contribution in [3.05, 3.63) is 64.7 Å². The molecule has 0 fully saturated rings. The Morgan fingerprint density at radius 1 is 1.08 bits per heavy atom. The molecule has 2 aromatic carbocycles. The lowest BCUT2D eigenvalue weighted by atomic mass is 10.1. The molecule has 0 spiro atoms. The van der Waals surface area contributed by atoms with Gasteiger partial charge in [-0.05, 0) is 54.8 Å². The topological polar surface area (TPSA) is 84.7 Å². The number of benzene rings is 2. The molecule has 138 valence electrons. The van der Waals surface area contributed by atoms with Crippen molar-refractivity contribution in [2.45, 2.75) is 20.4 Å². The lowest BCUT2D eigenvalue weighted by Crippen LogP contribution is -2.31. The van der Waals surface area contributed by atoms with Crippen molar-refractivity contribution in [1.82, 2.24) is 10.2 Å². The number of urea groups is 1. The summed E-state index contributed by atoms with van der Waals surface area (Å²) in [6.45, 7) is 5.29. The number of nitrogens with zero attached hydrogens (tertiary/aromatic N) is 1. The van der Waals surface area contributed by atoms with Crippen LogP contribution < -0.4 is 15.8 Å². The molecule has 0 aliphatic rings. The third kappa shape index (κ3) is 5.81. The number of amides is 3. The van der Waals surface area contributed by atoms with Gasteiger partial charge in [-0.15, -0.1) is 0 Å².